The minimum absolute atomic E-state index is 0.477. The van der Waals surface area contributed by atoms with Gasteiger partial charge in [0.2, 0.25) is 0 Å². The van der Waals surface area contributed by atoms with Crippen molar-refractivity contribution >= 4 is 57.3 Å². The highest BCUT2D eigenvalue weighted by atomic mass is 31.2. The van der Waals surface area contributed by atoms with Crippen molar-refractivity contribution in [3.8, 4) is 12.1 Å². The molecule has 52 heavy (non-hydrogen) atoms. The number of benzene rings is 7. The van der Waals surface area contributed by atoms with Crippen molar-refractivity contribution < 1.29 is 8.78 Å². The summed E-state index contributed by atoms with van der Waals surface area (Å²) in [7, 11) is -6.36. The first kappa shape index (κ1) is 34.3. The predicted molar refractivity (Wildman–Crippen MR) is 210 cm³/mol. The maximum Gasteiger partial charge on any atom is 0.177 e. The highest BCUT2D eigenvalue weighted by Gasteiger charge is 2.34. The summed E-state index contributed by atoms with van der Waals surface area (Å²) in [5.41, 5.74) is -2.25. The van der Waals surface area contributed by atoms with Gasteiger partial charge >= 0.3 is 0 Å². The molecular formula is C44H30F2N4P2. The van der Waals surface area contributed by atoms with Gasteiger partial charge in [0.25, 0.3) is 0 Å². The van der Waals surface area contributed by atoms with Crippen molar-refractivity contribution in [2.24, 2.45) is 9.49 Å². The van der Waals surface area contributed by atoms with Crippen LogP contribution < -0.4 is 31.8 Å². The molecule has 0 heterocycles. The van der Waals surface area contributed by atoms with Crippen LogP contribution >= 0.6 is 14.1 Å². The SMILES string of the molecule is N#Cc1c(F)c(C#N)c(N=P(c2ccccc2)(c2ccccc2)c2ccccc2)c(F)c1N=P(c1ccccc1)(c1ccccc1)c1ccccc1. The number of hydrogen-bond donors (Lipinski definition) is 0. The topological polar surface area (TPSA) is 72.3 Å². The Hall–Kier alpha value is -6.16. The van der Waals surface area contributed by atoms with Crippen molar-refractivity contribution in [2.75, 3.05) is 0 Å². The van der Waals surface area contributed by atoms with Gasteiger partial charge in [-0.05, 0) is 0 Å². The van der Waals surface area contributed by atoms with Gasteiger partial charge in [-0.25, -0.2) is 18.3 Å². The van der Waals surface area contributed by atoms with Crippen molar-refractivity contribution in [1.29, 1.82) is 10.5 Å². The van der Waals surface area contributed by atoms with Crippen molar-refractivity contribution in [3.63, 3.8) is 0 Å². The van der Waals surface area contributed by atoms with E-state index < -0.39 is 48.2 Å². The molecule has 0 saturated heterocycles. The highest BCUT2D eigenvalue weighted by molar-refractivity contribution is 7.88. The molecular weight excluding hydrogens is 684 g/mol. The molecule has 0 amide bonds. The second kappa shape index (κ2) is 15.0. The van der Waals surface area contributed by atoms with E-state index in [4.69, 9.17) is 9.49 Å². The van der Waals surface area contributed by atoms with Crippen LogP contribution in [0.25, 0.3) is 0 Å². The number of nitrogens with zero attached hydrogens (tertiary/aromatic N) is 4. The summed E-state index contributed by atoms with van der Waals surface area (Å²) >= 11 is 0. The lowest BCUT2D eigenvalue weighted by Gasteiger charge is -2.28. The maximum absolute atomic E-state index is 17.9. The molecule has 250 valence electrons. The molecule has 7 aromatic carbocycles. The predicted octanol–water partition coefficient (Wildman–Crippen LogP) is 9.33. The van der Waals surface area contributed by atoms with Crippen molar-refractivity contribution in [1.82, 2.24) is 0 Å². The van der Waals surface area contributed by atoms with Crippen LogP contribution in [0.1, 0.15) is 11.1 Å². The van der Waals surface area contributed by atoms with Gasteiger partial charge in [0.15, 0.2) is 11.6 Å². The summed E-state index contributed by atoms with van der Waals surface area (Å²) < 4.78 is 45.2. The van der Waals surface area contributed by atoms with E-state index in [1.165, 1.54) is 0 Å². The first-order chi connectivity index (χ1) is 25.5. The summed E-state index contributed by atoms with van der Waals surface area (Å²) in [4.78, 5) is 0. The van der Waals surface area contributed by atoms with Crippen molar-refractivity contribution in [3.05, 3.63) is 205 Å². The average molecular weight is 715 g/mol. The van der Waals surface area contributed by atoms with Gasteiger partial charge in [-0.3, -0.25) is 0 Å². The Morgan fingerprint density at radius 3 is 0.750 bits per heavy atom. The van der Waals surface area contributed by atoms with Gasteiger partial charge in [-0.15, -0.1) is 0 Å². The van der Waals surface area contributed by atoms with Gasteiger partial charge in [-0.1, -0.05) is 182 Å². The smallest absolute Gasteiger partial charge is 0.177 e. The summed E-state index contributed by atoms with van der Waals surface area (Å²) in [6.07, 6.45) is 0. The van der Waals surface area contributed by atoms with E-state index in [1.54, 1.807) is 0 Å². The Morgan fingerprint density at radius 2 is 0.558 bits per heavy atom. The number of nitriles is 2. The Labute approximate surface area is 302 Å². The Morgan fingerprint density at radius 1 is 0.346 bits per heavy atom. The summed E-state index contributed by atoms with van der Waals surface area (Å²) in [6.45, 7) is 0. The van der Waals surface area contributed by atoms with Crippen LogP contribution in [0.4, 0.5) is 20.2 Å². The number of rotatable bonds is 8. The quantitative estimate of drug-likeness (QED) is 0.147. The molecule has 4 nitrogen and oxygen atoms in total. The third kappa shape index (κ3) is 6.00. The average Bonchev–Trinajstić information content (AvgIpc) is 3.22. The van der Waals surface area contributed by atoms with Crippen LogP contribution in [0.15, 0.2) is 191 Å². The monoisotopic (exact) mass is 714 g/mol. The largest absolute Gasteiger partial charge is 0.249 e. The van der Waals surface area contributed by atoms with E-state index in [2.05, 4.69) is 0 Å². The lowest BCUT2D eigenvalue weighted by Crippen LogP contribution is -2.25. The lowest BCUT2D eigenvalue weighted by molar-refractivity contribution is 0.598. The van der Waals surface area contributed by atoms with Gasteiger partial charge in [-0.2, -0.15) is 10.5 Å². The van der Waals surface area contributed by atoms with Crippen LogP contribution in [0.3, 0.4) is 0 Å². The molecule has 0 aliphatic carbocycles. The standard InChI is InChI=1S/C44H30F2N4P2/c45-41-39(31-47)43(49-51(33-19-7-1-8-20-33,34-21-9-2-10-22-34)35-23-11-3-12-24-35)42(46)44(40(41)32-48)50-52(36-25-13-4-14-26-36,37-27-15-5-16-28-37)38-29-17-6-18-30-38/h1-30H. The van der Waals surface area contributed by atoms with Gasteiger partial charge < -0.3 is 0 Å². The fourth-order valence-corrected chi connectivity index (χ4v) is 13.5. The van der Waals surface area contributed by atoms with Crippen LogP contribution in [0, 0.1) is 34.3 Å². The van der Waals surface area contributed by atoms with Crippen LogP contribution in [0.2, 0.25) is 0 Å². The molecule has 0 atom stereocenters. The molecule has 0 spiro atoms. The van der Waals surface area contributed by atoms with Crippen LogP contribution in [-0.4, -0.2) is 0 Å². The maximum atomic E-state index is 17.9. The van der Waals surface area contributed by atoms with E-state index in [0.717, 1.165) is 31.8 Å². The Bertz CT molecular complexity index is 2170. The molecule has 7 rings (SSSR count). The van der Waals surface area contributed by atoms with E-state index in [1.807, 2.05) is 194 Å². The normalized spacial score (nSPS) is 11.2. The molecule has 0 aliphatic rings. The molecule has 0 aliphatic heterocycles. The minimum atomic E-state index is -3.18. The van der Waals surface area contributed by atoms with E-state index in [9.17, 15) is 10.5 Å². The fourth-order valence-electron chi connectivity index (χ4n) is 6.46. The summed E-state index contributed by atoms with van der Waals surface area (Å²) in [6, 6.07) is 60.6. The van der Waals surface area contributed by atoms with Crippen LogP contribution in [0.5, 0.6) is 0 Å². The van der Waals surface area contributed by atoms with Gasteiger partial charge in [0.05, 0.1) is 14.1 Å². The number of halogens is 2. The summed E-state index contributed by atoms with van der Waals surface area (Å²) in [5, 5.41) is 25.6. The first-order valence-electron chi connectivity index (χ1n) is 16.5. The fraction of sp³-hybridized carbons (Fsp3) is 0. The third-order valence-corrected chi connectivity index (χ3v) is 16.1. The van der Waals surface area contributed by atoms with Gasteiger partial charge in [0, 0.05) is 31.8 Å². The molecule has 0 bridgehead atoms. The second-order valence-corrected chi connectivity index (χ2v) is 17.8. The third-order valence-electron chi connectivity index (χ3n) is 8.83. The lowest BCUT2D eigenvalue weighted by atomic mass is 10.1. The molecule has 8 heteroatoms. The second-order valence-electron chi connectivity index (χ2n) is 11.8. The Kier molecular flexibility index (Phi) is 9.88. The highest BCUT2D eigenvalue weighted by Crippen LogP contribution is 2.55. The van der Waals surface area contributed by atoms with E-state index in [0.29, 0.717) is 0 Å². The zero-order valence-electron chi connectivity index (χ0n) is 27.8. The molecule has 0 N–H and O–H groups in total. The molecule has 0 fully saturated rings. The molecule has 0 radical (unpaired) electrons. The zero-order chi connectivity index (χ0) is 36.0. The molecule has 0 aromatic heterocycles. The molecule has 0 unspecified atom stereocenters. The zero-order valence-corrected chi connectivity index (χ0v) is 29.5. The molecule has 7 aromatic rings. The Balaban J connectivity index is 1.71. The first-order valence-corrected chi connectivity index (χ1v) is 20.0. The summed E-state index contributed by atoms with van der Waals surface area (Å²) in [5.74, 6) is -2.20. The van der Waals surface area contributed by atoms with Crippen LogP contribution in [-0.2, 0) is 0 Å². The van der Waals surface area contributed by atoms with E-state index in [-0.39, 0.29) is 0 Å². The number of hydrogen-bond acceptors (Lipinski definition) is 4. The van der Waals surface area contributed by atoms with Gasteiger partial charge in [0.1, 0.15) is 34.6 Å². The van der Waals surface area contributed by atoms with Crippen molar-refractivity contribution in [2.45, 2.75) is 0 Å². The molecule has 0 saturated carbocycles. The van der Waals surface area contributed by atoms with E-state index >= 15 is 8.78 Å². The minimum Gasteiger partial charge on any atom is -0.249 e.